The second kappa shape index (κ2) is 4.78. The van der Waals surface area contributed by atoms with Gasteiger partial charge in [0.15, 0.2) is 0 Å². The highest BCUT2D eigenvalue weighted by Gasteiger charge is 2.16. The molecular formula is C12H13N3O2. The number of carbonyl (C=O) groups excluding carboxylic acids is 1. The largest absolute Gasteiger partial charge is 0.417 e. The van der Waals surface area contributed by atoms with Crippen molar-refractivity contribution >= 4 is 5.91 Å². The highest BCUT2D eigenvalue weighted by Crippen LogP contribution is 2.18. The Kier molecular flexibility index (Phi) is 3.18. The number of amides is 1. The summed E-state index contributed by atoms with van der Waals surface area (Å²) in [6.45, 7) is 1.96. The fraction of sp³-hybridized carbons (Fsp3) is 0.250. The number of aromatic nitrogens is 2. The van der Waals surface area contributed by atoms with Crippen LogP contribution in [0.2, 0.25) is 0 Å². The molecule has 0 bridgehead atoms. The maximum atomic E-state index is 10.8. The van der Waals surface area contributed by atoms with E-state index in [1.807, 2.05) is 37.3 Å². The van der Waals surface area contributed by atoms with Gasteiger partial charge < -0.3 is 10.2 Å². The molecule has 0 spiro atoms. The van der Waals surface area contributed by atoms with Crippen LogP contribution in [0.3, 0.4) is 0 Å². The zero-order valence-corrected chi connectivity index (χ0v) is 9.46. The van der Waals surface area contributed by atoms with Crippen LogP contribution in [-0.2, 0) is 6.42 Å². The van der Waals surface area contributed by atoms with Crippen molar-refractivity contribution in [3.63, 3.8) is 0 Å². The molecule has 0 saturated heterocycles. The molecular weight excluding hydrogens is 218 g/mol. The van der Waals surface area contributed by atoms with E-state index in [0.717, 1.165) is 6.42 Å². The van der Waals surface area contributed by atoms with E-state index in [9.17, 15) is 4.79 Å². The molecule has 0 fully saturated rings. The summed E-state index contributed by atoms with van der Waals surface area (Å²) in [6.07, 6.45) is 0.779. The second-order valence-electron chi connectivity index (χ2n) is 3.90. The summed E-state index contributed by atoms with van der Waals surface area (Å²) in [4.78, 5) is 10.8. The minimum Gasteiger partial charge on any atom is -0.417 e. The van der Waals surface area contributed by atoms with Crippen molar-refractivity contribution in [2.75, 3.05) is 0 Å². The molecule has 0 radical (unpaired) electrons. The first kappa shape index (κ1) is 11.3. The smallest absolute Gasteiger partial charge is 0.306 e. The van der Waals surface area contributed by atoms with E-state index in [-0.39, 0.29) is 11.8 Å². The topological polar surface area (TPSA) is 82.0 Å². The van der Waals surface area contributed by atoms with Gasteiger partial charge in [0.05, 0.1) is 0 Å². The van der Waals surface area contributed by atoms with Crippen LogP contribution in [0.25, 0.3) is 0 Å². The molecule has 0 aliphatic carbocycles. The molecule has 88 valence electrons. The van der Waals surface area contributed by atoms with E-state index in [4.69, 9.17) is 10.2 Å². The lowest BCUT2D eigenvalue weighted by Crippen LogP contribution is -2.11. The molecule has 2 aromatic rings. The van der Waals surface area contributed by atoms with Crippen molar-refractivity contribution in [1.29, 1.82) is 0 Å². The standard InChI is InChI=1S/C12H13N3O2/c1-8(7-9-5-3-2-4-6-9)11-14-15-12(17-11)10(13)16/h2-6,8H,7H2,1H3,(H2,13,16)/t8-/m1/s1. The van der Waals surface area contributed by atoms with Gasteiger partial charge in [-0.2, -0.15) is 0 Å². The van der Waals surface area contributed by atoms with Gasteiger partial charge in [0, 0.05) is 5.92 Å². The molecule has 1 amide bonds. The number of hydrogen-bond acceptors (Lipinski definition) is 4. The third-order valence-corrected chi connectivity index (χ3v) is 2.46. The molecule has 0 aliphatic rings. The maximum Gasteiger partial charge on any atom is 0.306 e. The van der Waals surface area contributed by atoms with Crippen molar-refractivity contribution < 1.29 is 9.21 Å². The molecule has 0 unspecified atom stereocenters. The van der Waals surface area contributed by atoms with Gasteiger partial charge in [0.25, 0.3) is 0 Å². The average molecular weight is 231 g/mol. The minimum absolute atomic E-state index is 0.0537. The van der Waals surface area contributed by atoms with Crippen molar-refractivity contribution in [3.05, 3.63) is 47.7 Å². The van der Waals surface area contributed by atoms with Crippen LogP contribution in [0.15, 0.2) is 34.7 Å². The first-order valence-corrected chi connectivity index (χ1v) is 5.34. The summed E-state index contributed by atoms with van der Waals surface area (Å²) in [5, 5.41) is 7.40. The molecule has 5 heteroatoms. The molecule has 2 rings (SSSR count). The molecule has 17 heavy (non-hydrogen) atoms. The molecule has 1 aromatic heterocycles. The third kappa shape index (κ3) is 2.69. The summed E-state index contributed by atoms with van der Waals surface area (Å²) in [7, 11) is 0. The van der Waals surface area contributed by atoms with Crippen molar-refractivity contribution in [3.8, 4) is 0 Å². The van der Waals surface area contributed by atoms with E-state index in [1.54, 1.807) is 0 Å². The number of primary amides is 1. The normalized spacial score (nSPS) is 12.3. The van der Waals surface area contributed by atoms with Crippen LogP contribution in [0.5, 0.6) is 0 Å². The number of carbonyl (C=O) groups is 1. The van der Waals surface area contributed by atoms with E-state index >= 15 is 0 Å². The predicted octanol–water partition coefficient (Wildman–Crippen LogP) is 1.51. The lowest BCUT2D eigenvalue weighted by molar-refractivity contribution is 0.0965. The van der Waals surface area contributed by atoms with E-state index < -0.39 is 5.91 Å². The van der Waals surface area contributed by atoms with Crippen molar-refractivity contribution in [2.24, 2.45) is 5.73 Å². The number of nitrogens with two attached hydrogens (primary N) is 1. The Bertz CT molecular complexity index is 507. The Labute approximate surface area is 98.7 Å². The Morgan fingerprint density at radius 3 is 2.65 bits per heavy atom. The SMILES string of the molecule is C[C@H](Cc1ccccc1)c1nnc(C(N)=O)o1. The molecule has 1 aromatic carbocycles. The van der Waals surface area contributed by atoms with Gasteiger partial charge in [0.2, 0.25) is 5.89 Å². The van der Waals surface area contributed by atoms with Gasteiger partial charge in [-0.3, -0.25) is 4.79 Å². The predicted molar refractivity (Wildman–Crippen MR) is 61.4 cm³/mol. The lowest BCUT2D eigenvalue weighted by atomic mass is 10.0. The van der Waals surface area contributed by atoms with Crippen molar-refractivity contribution in [1.82, 2.24) is 10.2 Å². The molecule has 0 aliphatic heterocycles. The molecule has 1 heterocycles. The molecule has 0 saturated carbocycles. The number of rotatable bonds is 4. The summed E-state index contributed by atoms with van der Waals surface area (Å²) < 4.78 is 5.18. The Hall–Kier alpha value is -2.17. The van der Waals surface area contributed by atoms with Crippen LogP contribution in [-0.4, -0.2) is 16.1 Å². The van der Waals surface area contributed by atoms with Gasteiger partial charge in [-0.15, -0.1) is 10.2 Å². The summed E-state index contributed by atoms with van der Waals surface area (Å²) in [5.74, 6) is -0.351. The summed E-state index contributed by atoms with van der Waals surface area (Å²) in [5.41, 5.74) is 6.22. The monoisotopic (exact) mass is 231 g/mol. The highest BCUT2D eigenvalue weighted by atomic mass is 16.4. The molecule has 2 N–H and O–H groups in total. The Balaban J connectivity index is 2.09. The van der Waals surface area contributed by atoms with Crippen LogP contribution in [0.1, 0.15) is 35.0 Å². The quantitative estimate of drug-likeness (QED) is 0.864. The average Bonchev–Trinajstić information content (AvgIpc) is 2.79. The lowest BCUT2D eigenvalue weighted by Gasteiger charge is -2.05. The van der Waals surface area contributed by atoms with Gasteiger partial charge >= 0.3 is 11.8 Å². The summed E-state index contributed by atoms with van der Waals surface area (Å²) in [6, 6.07) is 9.98. The fourth-order valence-corrected chi connectivity index (χ4v) is 1.59. The van der Waals surface area contributed by atoms with Crippen LogP contribution in [0, 0.1) is 0 Å². The maximum absolute atomic E-state index is 10.8. The van der Waals surface area contributed by atoms with E-state index in [1.165, 1.54) is 5.56 Å². The Morgan fingerprint density at radius 1 is 1.35 bits per heavy atom. The van der Waals surface area contributed by atoms with E-state index in [0.29, 0.717) is 5.89 Å². The fourth-order valence-electron chi connectivity index (χ4n) is 1.59. The minimum atomic E-state index is -0.698. The molecule has 1 atom stereocenters. The number of nitrogens with zero attached hydrogens (tertiary/aromatic N) is 2. The van der Waals surface area contributed by atoms with Crippen LogP contribution < -0.4 is 5.73 Å². The summed E-state index contributed by atoms with van der Waals surface area (Å²) >= 11 is 0. The van der Waals surface area contributed by atoms with E-state index in [2.05, 4.69) is 10.2 Å². The second-order valence-corrected chi connectivity index (χ2v) is 3.90. The third-order valence-electron chi connectivity index (χ3n) is 2.46. The first-order chi connectivity index (χ1) is 8.16. The Morgan fingerprint density at radius 2 is 2.06 bits per heavy atom. The van der Waals surface area contributed by atoms with Gasteiger partial charge in [0.1, 0.15) is 0 Å². The van der Waals surface area contributed by atoms with Crippen LogP contribution >= 0.6 is 0 Å². The number of benzene rings is 1. The first-order valence-electron chi connectivity index (χ1n) is 5.34. The zero-order chi connectivity index (χ0) is 12.3. The van der Waals surface area contributed by atoms with Crippen molar-refractivity contribution in [2.45, 2.75) is 19.3 Å². The van der Waals surface area contributed by atoms with Gasteiger partial charge in [-0.05, 0) is 12.0 Å². The van der Waals surface area contributed by atoms with Gasteiger partial charge in [-0.1, -0.05) is 37.3 Å². The number of hydrogen-bond donors (Lipinski definition) is 1. The van der Waals surface area contributed by atoms with Gasteiger partial charge in [-0.25, -0.2) is 0 Å². The molecule has 5 nitrogen and oxygen atoms in total. The zero-order valence-electron chi connectivity index (χ0n) is 9.46. The van der Waals surface area contributed by atoms with Crippen LogP contribution in [0.4, 0.5) is 0 Å². The highest BCUT2D eigenvalue weighted by molar-refractivity contribution is 5.87.